The molecule has 0 aliphatic carbocycles. The topological polar surface area (TPSA) is 35.6 Å². The van der Waals surface area contributed by atoms with Crippen LogP contribution < -0.4 is 0 Å². The van der Waals surface area contributed by atoms with Crippen LogP contribution in [-0.4, -0.2) is 19.1 Å². The third-order valence-electron chi connectivity index (χ3n) is 3.12. The highest BCUT2D eigenvalue weighted by Gasteiger charge is 2.09. The summed E-state index contributed by atoms with van der Waals surface area (Å²) >= 11 is 0. The van der Waals surface area contributed by atoms with Crippen molar-refractivity contribution in [1.29, 1.82) is 0 Å². The zero-order chi connectivity index (χ0) is 12.3. The second-order valence-electron chi connectivity index (χ2n) is 4.74. The molecule has 0 N–H and O–H groups in total. The molecule has 0 fully saturated rings. The van der Waals surface area contributed by atoms with Crippen LogP contribution in [0.3, 0.4) is 0 Å². The van der Waals surface area contributed by atoms with Crippen LogP contribution in [0.2, 0.25) is 0 Å². The molecule has 0 aliphatic rings. The fourth-order valence-electron chi connectivity index (χ4n) is 2.02. The van der Waals surface area contributed by atoms with Crippen molar-refractivity contribution in [3.8, 4) is 0 Å². The minimum absolute atomic E-state index is 0.467. The van der Waals surface area contributed by atoms with Crippen molar-refractivity contribution < 1.29 is 0 Å². The van der Waals surface area contributed by atoms with Gasteiger partial charge in [-0.1, -0.05) is 0 Å². The van der Waals surface area contributed by atoms with Crippen LogP contribution in [0.4, 0.5) is 0 Å². The molecule has 0 spiro atoms. The average Bonchev–Trinajstić information content (AvgIpc) is 2.96. The van der Waals surface area contributed by atoms with Crippen LogP contribution in [0.1, 0.15) is 45.1 Å². The number of rotatable bonds is 5. The average molecular weight is 232 g/mol. The van der Waals surface area contributed by atoms with Gasteiger partial charge in [0, 0.05) is 43.3 Å². The summed E-state index contributed by atoms with van der Waals surface area (Å²) in [4.78, 5) is 8.50. The molecule has 92 valence electrons. The van der Waals surface area contributed by atoms with E-state index in [0.29, 0.717) is 12.1 Å². The summed E-state index contributed by atoms with van der Waals surface area (Å²) in [6.45, 7) is 6.58. The Labute approximate surface area is 102 Å². The molecule has 2 aromatic heterocycles. The standard InChI is InChI=1S/C13H20N4/c1-11(2)17-9-7-15-13(17)5-4-12(3)16-8-6-14-10-16/h6-12H,4-5H2,1-3H3. The first-order chi connectivity index (χ1) is 8.18. The van der Waals surface area contributed by atoms with Gasteiger partial charge in [-0.3, -0.25) is 0 Å². The third kappa shape index (κ3) is 2.75. The molecule has 17 heavy (non-hydrogen) atoms. The van der Waals surface area contributed by atoms with E-state index in [0.717, 1.165) is 12.8 Å². The summed E-state index contributed by atoms with van der Waals surface area (Å²) in [5.74, 6) is 1.17. The number of aryl methyl sites for hydroxylation is 1. The molecule has 1 unspecified atom stereocenters. The number of nitrogens with zero attached hydrogens (tertiary/aromatic N) is 4. The highest BCUT2D eigenvalue weighted by Crippen LogP contribution is 2.15. The first-order valence-electron chi connectivity index (χ1n) is 6.17. The van der Waals surface area contributed by atoms with Crippen LogP contribution >= 0.6 is 0 Å². The van der Waals surface area contributed by atoms with E-state index < -0.39 is 0 Å². The van der Waals surface area contributed by atoms with E-state index >= 15 is 0 Å². The fraction of sp³-hybridized carbons (Fsp3) is 0.538. The first-order valence-corrected chi connectivity index (χ1v) is 6.17. The van der Waals surface area contributed by atoms with Crippen molar-refractivity contribution in [2.75, 3.05) is 0 Å². The summed E-state index contributed by atoms with van der Waals surface area (Å²) in [7, 11) is 0. The molecule has 0 amide bonds. The Hall–Kier alpha value is -1.58. The second-order valence-corrected chi connectivity index (χ2v) is 4.74. The second kappa shape index (κ2) is 5.17. The van der Waals surface area contributed by atoms with Crippen LogP contribution in [-0.2, 0) is 6.42 Å². The van der Waals surface area contributed by atoms with Gasteiger partial charge in [-0.15, -0.1) is 0 Å². The van der Waals surface area contributed by atoms with E-state index in [4.69, 9.17) is 0 Å². The molecule has 0 aromatic carbocycles. The van der Waals surface area contributed by atoms with Crippen molar-refractivity contribution in [2.45, 2.75) is 45.7 Å². The van der Waals surface area contributed by atoms with Crippen molar-refractivity contribution in [2.24, 2.45) is 0 Å². The Bertz CT molecular complexity index is 442. The van der Waals surface area contributed by atoms with Gasteiger partial charge in [-0.25, -0.2) is 9.97 Å². The maximum Gasteiger partial charge on any atom is 0.108 e. The van der Waals surface area contributed by atoms with Gasteiger partial charge in [-0.2, -0.15) is 0 Å². The van der Waals surface area contributed by atoms with Gasteiger partial charge in [0.1, 0.15) is 5.82 Å². The number of imidazole rings is 2. The first kappa shape index (κ1) is 11.9. The van der Waals surface area contributed by atoms with E-state index in [1.807, 2.05) is 24.9 Å². The van der Waals surface area contributed by atoms with E-state index in [-0.39, 0.29) is 0 Å². The molecule has 4 heteroatoms. The predicted octanol–water partition coefficient (Wildman–Crippen LogP) is 2.85. The molecule has 0 saturated heterocycles. The SMILES string of the molecule is CC(CCc1nccn1C(C)C)n1ccnc1. The van der Waals surface area contributed by atoms with Crippen molar-refractivity contribution in [3.63, 3.8) is 0 Å². The summed E-state index contributed by atoms with van der Waals surface area (Å²) in [5, 5.41) is 0. The van der Waals surface area contributed by atoms with Crippen molar-refractivity contribution in [1.82, 2.24) is 19.1 Å². The van der Waals surface area contributed by atoms with E-state index in [1.165, 1.54) is 5.82 Å². The molecule has 1 atom stereocenters. The lowest BCUT2D eigenvalue weighted by Crippen LogP contribution is -2.09. The predicted molar refractivity (Wildman–Crippen MR) is 67.9 cm³/mol. The van der Waals surface area contributed by atoms with Crippen LogP contribution in [0.25, 0.3) is 0 Å². The molecular formula is C13H20N4. The molecule has 0 bridgehead atoms. The van der Waals surface area contributed by atoms with Gasteiger partial charge >= 0.3 is 0 Å². The summed E-state index contributed by atoms with van der Waals surface area (Å²) in [6, 6.07) is 0.950. The Morgan fingerprint density at radius 3 is 2.65 bits per heavy atom. The third-order valence-corrected chi connectivity index (χ3v) is 3.12. The quantitative estimate of drug-likeness (QED) is 0.794. The number of hydrogen-bond acceptors (Lipinski definition) is 2. The number of aromatic nitrogens is 4. The molecular weight excluding hydrogens is 212 g/mol. The van der Waals surface area contributed by atoms with Gasteiger partial charge in [0.15, 0.2) is 0 Å². The van der Waals surface area contributed by atoms with Gasteiger partial charge < -0.3 is 9.13 Å². The zero-order valence-electron chi connectivity index (χ0n) is 10.7. The van der Waals surface area contributed by atoms with E-state index in [2.05, 4.69) is 46.1 Å². The molecule has 2 heterocycles. The molecule has 0 aliphatic heterocycles. The maximum absolute atomic E-state index is 4.43. The van der Waals surface area contributed by atoms with Crippen molar-refractivity contribution >= 4 is 0 Å². The van der Waals surface area contributed by atoms with E-state index in [1.54, 1.807) is 0 Å². The highest BCUT2D eigenvalue weighted by molar-refractivity contribution is 4.95. The minimum Gasteiger partial charge on any atom is -0.335 e. The largest absolute Gasteiger partial charge is 0.335 e. The van der Waals surface area contributed by atoms with E-state index in [9.17, 15) is 0 Å². The Morgan fingerprint density at radius 2 is 2.00 bits per heavy atom. The van der Waals surface area contributed by atoms with Crippen molar-refractivity contribution in [3.05, 3.63) is 36.9 Å². The summed E-state index contributed by atoms with van der Waals surface area (Å²) in [5.41, 5.74) is 0. The van der Waals surface area contributed by atoms with Crippen LogP contribution in [0.5, 0.6) is 0 Å². The smallest absolute Gasteiger partial charge is 0.108 e. The Morgan fingerprint density at radius 1 is 1.18 bits per heavy atom. The highest BCUT2D eigenvalue weighted by atomic mass is 15.1. The maximum atomic E-state index is 4.43. The molecule has 2 aromatic rings. The van der Waals surface area contributed by atoms with Gasteiger partial charge in [-0.05, 0) is 27.2 Å². The lowest BCUT2D eigenvalue weighted by atomic mass is 10.1. The zero-order valence-corrected chi connectivity index (χ0v) is 10.7. The molecule has 0 saturated carbocycles. The summed E-state index contributed by atoms with van der Waals surface area (Å²) in [6.07, 6.45) is 11.7. The normalized spacial score (nSPS) is 13.2. The Balaban J connectivity index is 1.96. The molecule has 0 radical (unpaired) electrons. The lowest BCUT2D eigenvalue weighted by Gasteiger charge is -2.15. The minimum atomic E-state index is 0.467. The Kier molecular flexibility index (Phi) is 3.61. The van der Waals surface area contributed by atoms with Gasteiger partial charge in [0.2, 0.25) is 0 Å². The molecule has 2 rings (SSSR count). The molecule has 4 nitrogen and oxygen atoms in total. The van der Waals surface area contributed by atoms with Crippen LogP contribution in [0, 0.1) is 0 Å². The van der Waals surface area contributed by atoms with Crippen LogP contribution in [0.15, 0.2) is 31.1 Å². The number of hydrogen-bond donors (Lipinski definition) is 0. The van der Waals surface area contributed by atoms with Gasteiger partial charge in [0.25, 0.3) is 0 Å². The fourth-order valence-corrected chi connectivity index (χ4v) is 2.02. The summed E-state index contributed by atoms with van der Waals surface area (Å²) < 4.78 is 4.38. The van der Waals surface area contributed by atoms with Gasteiger partial charge in [0.05, 0.1) is 6.33 Å². The monoisotopic (exact) mass is 232 g/mol. The lowest BCUT2D eigenvalue weighted by molar-refractivity contribution is 0.482.